The summed E-state index contributed by atoms with van der Waals surface area (Å²) in [5.74, 6) is 0.132. The van der Waals surface area contributed by atoms with E-state index >= 15 is 0 Å². The number of carbonyl (C=O) groups is 2. The number of amides is 2. The van der Waals surface area contributed by atoms with Crippen LogP contribution in [0.15, 0.2) is 48.8 Å². The Morgan fingerprint density at radius 1 is 1.19 bits per heavy atom. The molecule has 0 radical (unpaired) electrons. The molecule has 0 aliphatic carbocycles. The molecule has 26 heavy (non-hydrogen) atoms. The van der Waals surface area contributed by atoms with Crippen molar-refractivity contribution < 1.29 is 9.59 Å². The number of hydrogen-bond donors (Lipinski definition) is 1. The molecule has 1 aromatic carbocycles. The van der Waals surface area contributed by atoms with Gasteiger partial charge >= 0.3 is 0 Å². The van der Waals surface area contributed by atoms with Gasteiger partial charge in [0, 0.05) is 37.6 Å². The predicted octanol–water partition coefficient (Wildman–Crippen LogP) is 2.92. The van der Waals surface area contributed by atoms with Crippen LogP contribution < -0.4 is 10.2 Å². The molecule has 1 saturated heterocycles. The molecule has 5 nitrogen and oxygen atoms in total. The maximum Gasteiger partial charge on any atom is 0.227 e. The molecule has 136 valence electrons. The molecule has 3 rings (SSSR count). The summed E-state index contributed by atoms with van der Waals surface area (Å²) in [6.07, 6.45) is 4.52. The zero-order valence-corrected chi connectivity index (χ0v) is 15.3. The lowest BCUT2D eigenvalue weighted by molar-refractivity contribution is -0.126. The van der Waals surface area contributed by atoms with Gasteiger partial charge in [-0.25, -0.2) is 0 Å². The highest BCUT2D eigenvalue weighted by atomic mass is 16.2. The summed E-state index contributed by atoms with van der Waals surface area (Å²) in [6.45, 7) is 5.29. The van der Waals surface area contributed by atoms with E-state index in [-0.39, 0.29) is 24.2 Å². The summed E-state index contributed by atoms with van der Waals surface area (Å²) in [5, 5.41) is 2.95. The third kappa shape index (κ3) is 4.28. The third-order valence-corrected chi connectivity index (χ3v) is 4.83. The van der Waals surface area contributed by atoms with Crippen molar-refractivity contribution in [3.05, 3.63) is 59.9 Å². The SMILES string of the molecule is CC(C)c1ccc(N2CC(C(=O)NCCc3ccncc3)CC2=O)cc1. The Labute approximate surface area is 154 Å². The van der Waals surface area contributed by atoms with Gasteiger partial charge in [-0.1, -0.05) is 26.0 Å². The second-order valence-electron chi connectivity index (χ2n) is 7.05. The lowest BCUT2D eigenvalue weighted by atomic mass is 10.0. The number of nitrogens with one attached hydrogen (secondary N) is 1. The molecule has 1 aliphatic rings. The van der Waals surface area contributed by atoms with E-state index in [1.807, 2.05) is 24.3 Å². The van der Waals surface area contributed by atoms with E-state index in [1.54, 1.807) is 17.3 Å². The van der Waals surface area contributed by atoms with Crippen LogP contribution >= 0.6 is 0 Å². The smallest absolute Gasteiger partial charge is 0.227 e. The first-order chi connectivity index (χ1) is 12.5. The zero-order chi connectivity index (χ0) is 18.5. The van der Waals surface area contributed by atoms with E-state index in [0.717, 1.165) is 17.7 Å². The van der Waals surface area contributed by atoms with Crippen LogP contribution in [-0.2, 0) is 16.0 Å². The summed E-state index contributed by atoms with van der Waals surface area (Å²) >= 11 is 0. The number of pyridine rings is 1. The molecule has 2 amide bonds. The average molecular weight is 351 g/mol. The molecule has 1 N–H and O–H groups in total. The van der Waals surface area contributed by atoms with Crippen LogP contribution in [0, 0.1) is 5.92 Å². The number of carbonyl (C=O) groups excluding carboxylic acids is 2. The first kappa shape index (κ1) is 18.1. The highest BCUT2D eigenvalue weighted by Gasteiger charge is 2.34. The van der Waals surface area contributed by atoms with E-state index in [2.05, 4.69) is 36.3 Å². The number of anilines is 1. The van der Waals surface area contributed by atoms with Gasteiger partial charge in [-0.15, -0.1) is 0 Å². The molecule has 1 atom stereocenters. The van der Waals surface area contributed by atoms with Crippen molar-refractivity contribution in [2.45, 2.75) is 32.6 Å². The Hall–Kier alpha value is -2.69. The quantitative estimate of drug-likeness (QED) is 0.870. The Morgan fingerprint density at radius 3 is 2.54 bits per heavy atom. The summed E-state index contributed by atoms with van der Waals surface area (Å²) in [7, 11) is 0. The molecule has 1 aliphatic heterocycles. The second-order valence-corrected chi connectivity index (χ2v) is 7.05. The van der Waals surface area contributed by atoms with Gasteiger partial charge in [0.2, 0.25) is 11.8 Å². The van der Waals surface area contributed by atoms with E-state index in [4.69, 9.17) is 0 Å². The van der Waals surface area contributed by atoms with Crippen molar-refractivity contribution in [3.8, 4) is 0 Å². The molecular weight excluding hydrogens is 326 g/mol. The highest BCUT2D eigenvalue weighted by Crippen LogP contribution is 2.26. The molecule has 2 aromatic rings. The minimum atomic E-state index is -0.287. The van der Waals surface area contributed by atoms with Gasteiger partial charge in [-0.2, -0.15) is 0 Å². The van der Waals surface area contributed by atoms with Crippen molar-refractivity contribution in [1.29, 1.82) is 0 Å². The highest BCUT2D eigenvalue weighted by molar-refractivity contribution is 6.00. The average Bonchev–Trinajstić information content (AvgIpc) is 3.04. The molecule has 0 bridgehead atoms. The van der Waals surface area contributed by atoms with Crippen molar-refractivity contribution in [2.75, 3.05) is 18.0 Å². The summed E-state index contributed by atoms with van der Waals surface area (Å²) in [5.41, 5.74) is 3.24. The lowest BCUT2D eigenvalue weighted by Gasteiger charge is -2.17. The van der Waals surface area contributed by atoms with Gasteiger partial charge in [0.05, 0.1) is 5.92 Å². The zero-order valence-electron chi connectivity index (χ0n) is 15.3. The maximum atomic E-state index is 12.4. The van der Waals surface area contributed by atoms with Gasteiger partial charge in [0.15, 0.2) is 0 Å². The summed E-state index contributed by atoms with van der Waals surface area (Å²) < 4.78 is 0. The molecule has 0 saturated carbocycles. The Balaban J connectivity index is 1.54. The number of benzene rings is 1. The normalized spacial score (nSPS) is 17.0. The van der Waals surface area contributed by atoms with Gasteiger partial charge in [0.25, 0.3) is 0 Å². The molecule has 1 unspecified atom stereocenters. The van der Waals surface area contributed by atoms with Crippen molar-refractivity contribution in [2.24, 2.45) is 5.92 Å². The fourth-order valence-electron chi connectivity index (χ4n) is 3.20. The largest absolute Gasteiger partial charge is 0.355 e. The van der Waals surface area contributed by atoms with Crippen LogP contribution in [0.4, 0.5) is 5.69 Å². The molecule has 2 heterocycles. The summed E-state index contributed by atoms with van der Waals surface area (Å²) in [6, 6.07) is 11.9. The third-order valence-electron chi connectivity index (χ3n) is 4.83. The van der Waals surface area contributed by atoms with Gasteiger partial charge < -0.3 is 10.2 Å². The molecule has 0 spiro atoms. The molecule has 1 aromatic heterocycles. The van der Waals surface area contributed by atoms with Crippen LogP contribution in [0.1, 0.15) is 37.3 Å². The maximum absolute atomic E-state index is 12.4. The van der Waals surface area contributed by atoms with Crippen LogP contribution in [0.3, 0.4) is 0 Å². The topological polar surface area (TPSA) is 62.3 Å². The second kappa shape index (κ2) is 8.13. The van der Waals surface area contributed by atoms with Crippen LogP contribution in [0.2, 0.25) is 0 Å². The predicted molar refractivity (Wildman–Crippen MR) is 102 cm³/mol. The van der Waals surface area contributed by atoms with Gasteiger partial charge in [-0.3, -0.25) is 14.6 Å². The fraction of sp³-hybridized carbons (Fsp3) is 0.381. The van der Waals surface area contributed by atoms with E-state index in [9.17, 15) is 9.59 Å². The van der Waals surface area contributed by atoms with Gasteiger partial charge in [0.1, 0.15) is 0 Å². The molecule has 5 heteroatoms. The van der Waals surface area contributed by atoms with Gasteiger partial charge in [-0.05, 0) is 47.7 Å². The number of hydrogen-bond acceptors (Lipinski definition) is 3. The minimum Gasteiger partial charge on any atom is -0.355 e. The van der Waals surface area contributed by atoms with Crippen LogP contribution in [0.25, 0.3) is 0 Å². The van der Waals surface area contributed by atoms with Crippen molar-refractivity contribution >= 4 is 17.5 Å². The fourth-order valence-corrected chi connectivity index (χ4v) is 3.20. The number of rotatable bonds is 6. The summed E-state index contributed by atoms with van der Waals surface area (Å²) in [4.78, 5) is 30.4. The van der Waals surface area contributed by atoms with Crippen LogP contribution in [0.5, 0.6) is 0 Å². The Morgan fingerprint density at radius 2 is 1.88 bits per heavy atom. The van der Waals surface area contributed by atoms with E-state index < -0.39 is 0 Å². The lowest BCUT2D eigenvalue weighted by Crippen LogP contribution is -2.34. The molecule has 1 fully saturated rings. The van der Waals surface area contributed by atoms with Crippen molar-refractivity contribution in [1.82, 2.24) is 10.3 Å². The monoisotopic (exact) mass is 351 g/mol. The van der Waals surface area contributed by atoms with Crippen LogP contribution in [-0.4, -0.2) is 29.9 Å². The first-order valence-electron chi connectivity index (χ1n) is 9.11. The number of nitrogens with zero attached hydrogens (tertiary/aromatic N) is 2. The molecular formula is C21H25N3O2. The van der Waals surface area contributed by atoms with E-state index in [0.29, 0.717) is 19.0 Å². The van der Waals surface area contributed by atoms with E-state index in [1.165, 1.54) is 5.56 Å². The number of aromatic nitrogens is 1. The first-order valence-corrected chi connectivity index (χ1v) is 9.11. The standard InChI is InChI=1S/C21H25N3O2/c1-15(2)17-3-5-19(6-4-17)24-14-18(13-20(24)25)21(26)23-12-9-16-7-10-22-11-8-16/h3-8,10-11,15,18H,9,12-14H2,1-2H3,(H,23,26). The minimum absolute atomic E-state index is 0.0107. The van der Waals surface area contributed by atoms with Crippen molar-refractivity contribution in [3.63, 3.8) is 0 Å². The Bertz CT molecular complexity index is 757. The Kier molecular flexibility index (Phi) is 5.66.